The number of ether oxygens (including phenoxy) is 2. The van der Waals surface area contributed by atoms with Crippen LogP contribution in [0.15, 0.2) is 23.3 Å². The molecule has 0 atom stereocenters. The van der Waals surface area contributed by atoms with E-state index in [4.69, 9.17) is 15.2 Å². The summed E-state index contributed by atoms with van der Waals surface area (Å²) in [5.74, 6) is 0.790. The predicted molar refractivity (Wildman–Crippen MR) is 67.4 cm³/mol. The lowest BCUT2D eigenvalue weighted by Crippen LogP contribution is -2.64. The first-order valence-electron chi connectivity index (χ1n) is 5.11. The van der Waals surface area contributed by atoms with Crippen molar-refractivity contribution < 1.29 is 19.6 Å². The lowest BCUT2D eigenvalue weighted by Gasteiger charge is -2.06. The Morgan fingerprint density at radius 3 is 2.74 bits per heavy atom. The van der Waals surface area contributed by atoms with E-state index in [1.807, 2.05) is 0 Å². The zero-order chi connectivity index (χ0) is 14.3. The van der Waals surface area contributed by atoms with Gasteiger partial charge in [-0.3, -0.25) is 0 Å². The molecule has 0 bridgehead atoms. The van der Waals surface area contributed by atoms with Crippen molar-refractivity contribution in [3.8, 4) is 11.5 Å². The number of nitrogens with one attached hydrogen (secondary N) is 2. The van der Waals surface area contributed by atoms with E-state index < -0.39 is 5.03 Å². The molecule has 0 fully saturated rings. The Hall–Kier alpha value is -2.84. The van der Waals surface area contributed by atoms with Crippen LogP contribution in [0.3, 0.4) is 0 Å². The molecule has 0 saturated carbocycles. The van der Waals surface area contributed by atoms with Crippen LogP contribution in [0.5, 0.6) is 11.5 Å². The number of benzene rings is 1. The molecular formula is C10H14N5O4+. The summed E-state index contributed by atoms with van der Waals surface area (Å²) in [5.41, 5.74) is 7.63. The van der Waals surface area contributed by atoms with Crippen molar-refractivity contribution in [1.82, 2.24) is 5.43 Å². The van der Waals surface area contributed by atoms with Crippen LogP contribution in [-0.2, 0) is 0 Å². The zero-order valence-corrected chi connectivity index (χ0v) is 10.4. The molecule has 1 rings (SSSR count). The van der Waals surface area contributed by atoms with E-state index in [1.54, 1.807) is 23.6 Å². The maximum absolute atomic E-state index is 10.1. The molecule has 19 heavy (non-hydrogen) atoms. The summed E-state index contributed by atoms with van der Waals surface area (Å²) in [6.45, 7) is 0. The second kappa shape index (κ2) is 6.79. The monoisotopic (exact) mass is 268 g/mol. The van der Waals surface area contributed by atoms with Crippen molar-refractivity contribution in [3.63, 3.8) is 0 Å². The summed E-state index contributed by atoms with van der Waals surface area (Å²) in [4.78, 5) is 10.1. The standard InChI is InChI=1S/C10H13N5O4/c1-18-8-4-3-7(5-9(8)19-2)6-12-13-10(11)14-15(16)17/h3-6H,1-2H3,(H3,11,13,14)/p+1/b12-6+. The Labute approximate surface area is 108 Å². The highest BCUT2D eigenvalue weighted by Crippen LogP contribution is 2.26. The number of guanidine groups is 1. The fraction of sp³-hybridized carbons (Fsp3) is 0.200. The average molecular weight is 268 g/mol. The van der Waals surface area contributed by atoms with Crippen molar-refractivity contribution in [2.75, 3.05) is 14.2 Å². The fourth-order valence-electron chi connectivity index (χ4n) is 1.24. The van der Waals surface area contributed by atoms with Crippen molar-refractivity contribution in [1.29, 1.82) is 0 Å². The molecule has 0 saturated heterocycles. The van der Waals surface area contributed by atoms with Gasteiger partial charge in [0.05, 0.1) is 14.2 Å². The van der Waals surface area contributed by atoms with Gasteiger partial charge in [-0.2, -0.15) is 0 Å². The van der Waals surface area contributed by atoms with E-state index in [0.29, 0.717) is 11.5 Å². The Balaban J connectivity index is 2.79. The first-order chi connectivity index (χ1) is 9.06. The van der Waals surface area contributed by atoms with Crippen LogP contribution in [0.2, 0.25) is 0 Å². The van der Waals surface area contributed by atoms with Crippen molar-refractivity contribution in [2.24, 2.45) is 10.8 Å². The van der Waals surface area contributed by atoms with Crippen LogP contribution in [-0.4, -0.2) is 31.4 Å². The third kappa shape index (κ3) is 4.50. The summed E-state index contributed by atoms with van der Waals surface area (Å²) >= 11 is 0. The molecule has 0 radical (unpaired) electrons. The van der Waals surface area contributed by atoms with Crippen molar-refractivity contribution in [3.05, 3.63) is 33.9 Å². The number of hydrazone groups is 1. The Bertz CT molecular complexity index is 515. The van der Waals surface area contributed by atoms with Gasteiger partial charge >= 0.3 is 5.96 Å². The summed E-state index contributed by atoms with van der Waals surface area (Å²) in [6, 6.07) is 5.17. The molecule has 0 spiro atoms. The van der Waals surface area contributed by atoms with Gasteiger partial charge in [-0.1, -0.05) is 5.43 Å². The summed E-state index contributed by atoms with van der Waals surface area (Å²) in [5, 5.41) is 15.2. The zero-order valence-electron chi connectivity index (χ0n) is 10.4. The molecule has 1 aromatic rings. The summed E-state index contributed by atoms with van der Waals surface area (Å²) in [6.07, 6.45) is 1.50. The SMILES string of the molecule is COc1ccc(/C=[NH+]/N=C(N)N[N+](=O)[O-])cc1OC. The highest BCUT2D eigenvalue weighted by Gasteiger charge is 2.05. The first-order valence-corrected chi connectivity index (χ1v) is 5.11. The highest BCUT2D eigenvalue weighted by atomic mass is 16.7. The maximum Gasteiger partial charge on any atom is 0.319 e. The van der Waals surface area contributed by atoms with E-state index in [2.05, 4.69) is 10.2 Å². The molecule has 9 heteroatoms. The van der Waals surface area contributed by atoms with Crippen LogP contribution in [0.4, 0.5) is 0 Å². The van der Waals surface area contributed by atoms with Gasteiger partial charge < -0.3 is 15.2 Å². The molecule has 0 aromatic heterocycles. The lowest BCUT2D eigenvalue weighted by atomic mass is 10.2. The van der Waals surface area contributed by atoms with Gasteiger partial charge in [-0.15, -0.1) is 5.10 Å². The first kappa shape index (κ1) is 14.2. The quantitative estimate of drug-likeness (QED) is 0.251. The van der Waals surface area contributed by atoms with Crippen LogP contribution in [0.1, 0.15) is 5.56 Å². The van der Waals surface area contributed by atoms with E-state index >= 15 is 0 Å². The molecule has 0 unspecified atom stereocenters. The van der Waals surface area contributed by atoms with Crippen LogP contribution >= 0.6 is 0 Å². The van der Waals surface area contributed by atoms with Gasteiger partial charge in [0.2, 0.25) is 6.21 Å². The average Bonchev–Trinajstić information content (AvgIpc) is 2.37. The second-order valence-corrected chi connectivity index (χ2v) is 3.25. The number of methoxy groups -OCH3 is 2. The summed E-state index contributed by atoms with van der Waals surface area (Å²) < 4.78 is 10.2. The molecule has 1 aromatic carbocycles. The predicted octanol–water partition coefficient (Wildman–Crippen LogP) is -1.79. The number of nitrogens with zero attached hydrogens (tertiary/aromatic N) is 2. The number of nitro groups is 1. The third-order valence-corrected chi connectivity index (χ3v) is 2.03. The molecule has 0 amide bonds. The molecule has 9 nitrogen and oxygen atoms in total. The minimum absolute atomic E-state index is 0.360. The number of rotatable bonds is 5. The molecule has 0 aliphatic rings. The number of hydrazine groups is 1. The minimum Gasteiger partial charge on any atom is -0.493 e. The smallest absolute Gasteiger partial charge is 0.319 e. The number of hydrogen-bond donors (Lipinski definition) is 3. The van der Waals surface area contributed by atoms with Gasteiger partial charge in [-0.25, -0.2) is 10.1 Å². The Kier molecular flexibility index (Phi) is 5.08. The minimum atomic E-state index is -0.809. The molecular weight excluding hydrogens is 254 g/mol. The van der Waals surface area contributed by atoms with Gasteiger partial charge in [0.1, 0.15) is 0 Å². The van der Waals surface area contributed by atoms with E-state index in [-0.39, 0.29) is 5.96 Å². The number of hydrogen-bond acceptors (Lipinski definition) is 5. The molecule has 0 aliphatic carbocycles. The fourth-order valence-corrected chi connectivity index (χ4v) is 1.24. The van der Waals surface area contributed by atoms with Crippen molar-refractivity contribution >= 4 is 12.2 Å². The van der Waals surface area contributed by atoms with Crippen molar-refractivity contribution in [2.45, 2.75) is 0 Å². The number of nitrogens with two attached hydrogens (primary N) is 1. The van der Waals surface area contributed by atoms with Crippen LogP contribution in [0, 0.1) is 10.1 Å². The highest BCUT2D eigenvalue weighted by molar-refractivity contribution is 5.78. The van der Waals surface area contributed by atoms with Crippen LogP contribution in [0.25, 0.3) is 0 Å². The molecule has 0 aliphatic heterocycles. The normalized spacial score (nSPS) is 11.4. The summed E-state index contributed by atoms with van der Waals surface area (Å²) in [7, 11) is 3.06. The Morgan fingerprint density at radius 1 is 1.47 bits per heavy atom. The third-order valence-electron chi connectivity index (χ3n) is 2.03. The van der Waals surface area contributed by atoms with Crippen LogP contribution < -0.4 is 25.7 Å². The van der Waals surface area contributed by atoms with E-state index in [9.17, 15) is 10.1 Å². The lowest BCUT2D eigenvalue weighted by molar-refractivity contribution is -0.528. The molecule has 102 valence electrons. The largest absolute Gasteiger partial charge is 0.493 e. The van der Waals surface area contributed by atoms with Gasteiger partial charge in [-0.05, 0) is 18.2 Å². The molecule has 0 heterocycles. The van der Waals surface area contributed by atoms with Gasteiger partial charge in [0, 0.05) is 10.7 Å². The Morgan fingerprint density at radius 2 is 2.16 bits per heavy atom. The topological polar surface area (TPSA) is 126 Å². The second-order valence-electron chi connectivity index (χ2n) is 3.25. The van der Waals surface area contributed by atoms with E-state index in [1.165, 1.54) is 20.4 Å². The molecule has 4 N–H and O–H groups in total. The van der Waals surface area contributed by atoms with Gasteiger partial charge in [0.25, 0.3) is 0 Å². The van der Waals surface area contributed by atoms with Gasteiger partial charge in [0.15, 0.2) is 16.5 Å². The maximum atomic E-state index is 10.1. The van der Waals surface area contributed by atoms with E-state index in [0.717, 1.165) is 5.56 Å².